The minimum Gasteiger partial charge on any atom is -0.233 e. The Morgan fingerprint density at radius 1 is 0.415 bits per heavy atom. The van der Waals surface area contributed by atoms with E-state index in [1.807, 2.05) is 22.7 Å². The Kier molecular flexibility index (Phi) is 8.13. The summed E-state index contributed by atoms with van der Waals surface area (Å²) in [5.74, 6) is 0.739. The molecule has 0 amide bonds. The fraction of sp³-hybridized carbons (Fsp3) is 0.0612. The average Bonchev–Trinajstić information content (AvgIpc) is 3.82. The van der Waals surface area contributed by atoms with Crippen molar-refractivity contribution < 1.29 is 0 Å². The number of allylic oxidation sites excluding steroid dienone is 1. The van der Waals surface area contributed by atoms with Crippen LogP contribution in [-0.4, -0.2) is 11.5 Å². The molecule has 0 bridgehead atoms. The quantitative estimate of drug-likeness (QED) is 0.170. The number of aliphatic imine (C=N–C) groups is 2. The first-order chi connectivity index (χ1) is 26.2. The van der Waals surface area contributed by atoms with E-state index < -0.39 is 0 Å². The molecule has 252 valence electrons. The van der Waals surface area contributed by atoms with Gasteiger partial charge >= 0.3 is 0 Å². The molecule has 10 rings (SSSR count). The monoisotopic (exact) mass is 714 g/mol. The van der Waals surface area contributed by atoms with Crippen LogP contribution in [0, 0.1) is 0 Å². The summed E-state index contributed by atoms with van der Waals surface area (Å²) >= 11 is 3.73. The molecule has 1 aliphatic heterocycles. The minimum absolute atomic E-state index is 0.739. The maximum absolute atomic E-state index is 5.43. The highest BCUT2D eigenvalue weighted by Crippen LogP contribution is 2.40. The lowest BCUT2D eigenvalue weighted by Gasteiger charge is -2.10. The van der Waals surface area contributed by atoms with Gasteiger partial charge in [-0.3, -0.25) is 0 Å². The van der Waals surface area contributed by atoms with Crippen LogP contribution in [0.4, 0.5) is 0 Å². The molecule has 1 aliphatic rings. The van der Waals surface area contributed by atoms with Gasteiger partial charge in [0, 0.05) is 45.9 Å². The van der Waals surface area contributed by atoms with Gasteiger partial charge in [0.15, 0.2) is 5.84 Å². The van der Waals surface area contributed by atoms with Crippen molar-refractivity contribution >= 4 is 80.3 Å². The Morgan fingerprint density at radius 2 is 1.02 bits per heavy atom. The second-order valence-electron chi connectivity index (χ2n) is 13.6. The van der Waals surface area contributed by atoms with Crippen molar-refractivity contribution in [3.05, 3.63) is 187 Å². The Morgan fingerprint density at radius 3 is 1.83 bits per heavy atom. The van der Waals surface area contributed by atoms with Gasteiger partial charge in [-0.15, -0.1) is 22.7 Å². The third-order valence-corrected chi connectivity index (χ3v) is 12.6. The van der Waals surface area contributed by atoms with E-state index in [9.17, 15) is 0 Å². The number of rotatable bonds is 5. The second-order valence-corrected chi connectivity index (χ2v) is 15.7. The number of hydrogen-bond acceptors (Lipinski definition) is 4. The molecule has 0 saturated heterocycles. The predicted molar refractivity (Wildman–Crippen MR) is 231 cm³/mol. The fourth-order valence-electron chi connectivity index (χ4n) is 7.54. The highest BCUT2D eigenvalue weighted by molar-refractivity contribution is 7.26. The van der Waals surface area contributed by atoms with Gasteiger partial charge in [0.25, 0.3) is 0 Å². The molecular formula is C49H34N2S2. The van der Waals surface area contributed by atoms with Gasteiger partial charge < -0.3 is 0 Å². The first-order valence-corrected chi connectivity index (χ1v) is 19.8. The van der Waals surface area contributed by atoms with Gasteiger partial charge in [0.05, 0.1) is 11.4 Å². The van der Waals surface area contributed by atoms with Crippen molar-refractivity contribution in [2.24, 2.45) is 9.98 Å². The summed E-state index contributed by atoms with van der Waals surface area (Å²) in [5.41, 5.74) is 10.2. The van der Waals surface area contributed by atoms with Crippen LogP contribution in [0.25, 0.3) is 68.3 Å². The lowest BCUT2D eigenvalue weighted by Crippen LogP contribution is -2.07. The number of hydrogen-bond donors (Lipinski definition) is 0. The number of thiophene rings is 2. The van der Waals surface area contributed by atoms with E-state index in [2.05, 4.69) is 170 Å². The van der Waals surface area contributed by atoms with Gasteiger partial charge in [0.2, 0.25) is 0 Å². The first kappa shape index (κ1) is 31.8. The Hall–Kier alpha value is -5.94. The standard InChI is InChI=1S/C49H34N2S2/c1-2-11-32(12-3-1)33-21-27-36(28-22-33)49-50-43(17-6-7-18-44(51-49)37-29-30-41-39-13-4-8-19-45(39)52-47(41)31-37)35-25-23-34(24-26-35)38-15-10-16-42-40-14-5-9-20-46(40)53-48(38)42/h1-5,8-17,19-31H,6-7,18H2. The summed E-state index contributed by atoms with van der Waals surface area (Å²) in [6, 6.07) is 59.1. The van der Waals surface area contributed by atoms with Crippen molar-refractivity contribution in [3.63, 3.8) is 0 Å². The zero-order valence-electron chi connectivity index (χ0n) is 29.0. The van der Waals surface area contributed by atoms with E-state index in [4.69, 9.17) is 9.98 Å². The van der Waals surface area contributed by atoms with Crippen molar-refractivity contribution in [1.82, 2.24) is 0 Å². The van der Waals surface area contributed by atoms with Crippen LogP contribution < -0.4 is 0 Å². The number of fused-ring (bicyclic) bond motifs is 6. The molecule has 9 aromatic rings. The van der Waals surface area contributed by atoms with Crippen molar-refractivity contribution in [1.29, 1.82) is 0 Å². The minimum atomic E-state index is 0.739. The Labute approximate surface area is 316 Å². The third kappa shape index (κ3) is 6.00. The van der Waals surface area contributed by atoms with Crippen LogP contribution in [0.15, 0.2) is 180 Å². The normalized spacial score (nSPS) is 13.8. The SMILES string of the molecule is C1=C(c2ccc(-c3cccc4c3sc3ccccc34)cc2)N=C(c2ccc(-c3ccccc3)cc2)N=C(c2ccc3c(c2)sc2ccccc23)CCC1. The molecule has 0 fully saturated rings. The zero-order valence-corrected chi connectivity index (χ0v) is 30.6. The van der Waals surface area contributed by atoms with Crippen LogP contribution in [0.1, 0.15) is 36.0 Å². The summed E-state index contributed by atoms with van der Waals surface area (Å²) < 4.78 is 5.27. The molecule has 0 aliphatic carbocycles. The predicted octanol–water partition coefficient (Wildman–Crippen LogP) is 14.2. The summed E-state index contributed by atoms with van der Waals surface area (Å²) in [4.78, 5) is 10.8. The van der Waals surface area contributed by atoms with Crippen molar-refractivity contribution in [3.8, 4) is 22.3 Å². The molecule has 53 heavy (non-hydrogen) atoms. The summed E-state index contributed by atoms with van der Waals surface area (Å²) in [7, 11) is 0. The summed E-state index contributed by atoms with van der Waals surface area (Å²) in [6.07, 6.45) is 5.09. The van der Waals surface area contributed by atoms with E-state index in [0.717, 1.165) is 47.6 Å². The smallest absolute Gasteiger partial charge is 0.160 e. The molecule has 2 nitrogen and oxygen atoms in total. The summed E-state index contributed by atoms with van der Waals surface area (Å²) in [6.45, 7) is 0. The van der Waals surface area contributed by atoms with Crippen LogP contribution in [0.2, 0.25) is 0 Å². The molecule has 0 unspecified atom stereocenters. The Balaban J connectivity index is 1.06. The van der Waals surface area contributed by atoms with Gasteiger partial charge in [-0.1, -0.05) is 152 Å². The summed E-state index contributed by atoms with van der Waals surface area (Å²) in [5, 5.41) is 5.26. The molecule has 0 saturated carbocycles. The zero-order chi connectivity index (χ0) is 35.1. The maximum Gasteiger partial charge on any atom is 0.160 e. The fourth-order valence-corrected chi connectivity index (χ4v) is 9.92. The van der Waals surface area contributed by atoms with E-state index in [-0.39, 0.29) is 0 Å². The number of amidine groups is 1. The number of nitrogens with zero attached hydrogens (tertiary/aromatic N) is 2. The molecule has 2 aromatic heterocycles. The van der Waals surface area contributed by atoms with Crippen LogP contribution in [0.3, 0.4) is 0 Å². The molecule has 4 heteroatoms. The maximum atomic E-state index is 5.43. The lowest BCUT2D eigenvalue weighted by molar-refractivity contribution is 0.896. The molecule has 0 N–H and O–H groups in total. The van der Waals surface area contributed by atoms with Crippen molar-refractivity contribution in [2.45, 2.75) is 19.3 Å². The largest absolute Gasteiger partial charge is 0.233 e. The van der Waals surface area contributed by atoms with Gasteiger partial charge in [0.1, 0.15) is 0 Å². The number of benzene rings is 7. The highest BCUT2D eigenvalue weighted by Gasteiger charge is 2.16. The molecule has 0 radical (unpaired) electrons. The van der Waals surface area contributed by atoms with Gasteiger partial charge in [-0.2, -0.15) is 0 Å². The molecule has 3 heterocycles. The van der Waals surface area contributed by atoms with Crippen LogP contribution in [-0.2, 0) is 0 Å². The molecule has 0 atom stereocenters. The van der Waals surface area contributed by atoms with Crippen molar-refractivity contribution in [2.75, 3.05) is 0 Å². The average molecular weight is 715 g/mol. The van der Waals surface area contributed by atoms with E-state index >= 15 is 0 Å². The lowest BCUT2D eigenvalue weighted by atomic mass is 10.00. The van der Waals surface area contributed by atoms with Gasteiger partial charge in [-0.05, 0) is 70.8 Å². The highest BCUT2D eigenvalue weighted by atomic mass is 32.1. The first-order valence-electron chi connectivity index (χ1n) is 18.2. The second kappa shape index (κ2) is 13.6. The third-order valence-electron chi connectivity index (χ3n) is 10.3. The molecule has 7 aromatic carbocycles. The van der Waals surface area contributed by atoms with Crippen LogP contribution in [0.5, 0.6) is 0 Å². The van der Waals surface area contributed by atoms with Crippen LogP contribution >= 0.6 is 22.7 Å². The topological polar surface area (TPSA) is 24.7 Å². The van der Waals surface area contributed by atoms with Gasteiger partial charge in [-0.25, -0.2) is 9.98 Å². The van der Waals surface area contributed by atoms with E-state index in [0.29, 0.717) is 0 Å². The molecular weight excluding hydrogens is 681 g/mol. The molecule has 0 spiro atoms. The van der Waals surface area contributed by atoms with E-state index in [1.54, 1.807) is 0 Å². The van der Waals surface area contributed by atoms with E-state index in [1.165, 1.54) is 68.2 Å². The Bertz CT molecular complexity index is 2890.